The summed E-state index contributed by atoms with van der Waals surface area (Å²) in [6.07, 6.45) is 1.83. The molecular weight excluding hydrogens is 300 g/mol. The summed E-state index contributed by atoms with van der Waals surface area (Å²) in [6.45, 7) is 2.17. The summed E-state index contributed by atoms with van der Waals surface area (Å²) >= 11 is 3.42. The van der Waals surface area contributed by atoms with Gasteiger partial charge in [0, 0.05) is 13.1 Å². The number of hydrogen-bond donors (Lipinski definition) is 1. The second-order valence-corrected chi connectivity index (χ2v) is 4.50. The number of nitrogens with one attached hydrogen (secondary N) is 1. The Balaban J connectivity index is 1.81. The van der Waals surface area contributed by atoms with Crippen LogP contribution in [0.5, 0.6) is 0 Å². The van der Waals surface area contributed by atoms with E-state index in [1.54, 1.807) is 11.4 Å². The average molecular weight is 309 g/mol. The molecule has 8 heteroatoms. The molecule has 18 heavy (non-hydrogen) atoms. The van der Waals surface area contributed by atoms with Gasteiger partial charge in [0.25, 0.3) is 0 Å². The maximum atomic E-state index is 4.88. The van der Waals surface area contributed by atoms with Crippen molar-refractivity contribution in [1.29, 1.82) is 0 Å². The highest BCUT2D eigenvalue weighted by atomic mass is 79.9. The van der Waals surface area contributed by atoms with E-state index < -0.39 is 0 Å². The largest absolute Gasteiger partial charge is 0.345 e. The second-order valence-electron chi connectivity index (χ2n) is 3.64. The molecule has 0 spiro atoms. The zero-order valence-electron chi connectivity index (χ0n) is 9.46. The van der Waals surface area contributed by atoms with E-state index in [4.69, 9.17) is 4.52 Å². The van der Waals surface area contributed by atoms with E-state index in [2.05, 4.69) is 41.5 Å². The number of hydrogen-bond acceptors (Lipinski definition) is 6. The fourth-order valence-corrected chi connectivity index (χ4v) is 1.94. The standard InChI is InChI=1S/C10H9BrN6O/c1-6-13-8(16-18-6)5-12-10-14-9-7(11)3-2-4-17(9)15-10/h2-4H,5H2,1H3,(H,12,15). The lowest BCUT2D eigenvalue weighted by Crippen LogP contribution is -2.02. The second kappa shape index (κ2) is 4.37. The van der Waals surface area contributed by atoms with E-state index in [0.29, 0.717) is 24.2 Å². The van der Waals surface area contributed by atoms with E-state index in [1.165, 1.54) is 0 Å². The predicted octanol–water partition coefficient (Wildman–Crippen LogP) is 1.80. The third-order valence-corrected chi connectivity index (χ3v) is 2.91. The first kappa shape index (κ1) is 11.1. The van der Waals surface area contributed by atoms with Crippen molar-refractivity contribution in [1.82, 2.24) is 24.7 Å². The Bertz CT molecular complexity index is 691. The molecule has 0 aliphatic heterocycles. The number of aromatic nitrogens is 5. The molecule has 92 valence electrons. The lowest BCUT2D eigenvalue weighted by atomic mass is 10.5. The summed E-state index contributed by atoms with van der Waals surface area (Å²) in [5.41, 5.74) is 0.754. The first-order valence-electron chi connectivity index (χ1n) is 5.26. The Morgan fingerprint density at radius 2 is 2.33 bits per heavy atom. The topological polar surface area (TPSA) is 81.1 Å². The Morgan fingerprint density at radius 3 is 3.06 bits per heavy atom. The fourth-order valence-electron chi connectivity index (χ4n) is 1.52. The lowest BCUT2D eigenvalue weighted by Gasteiger charge is -1.94. The molecule has 0 aliphatic rings. The molecule has 3 aromatic heterocycles. The van der Waals surface area contributed by atoms with Gasteiger partial charge in [-0.25, -0.2) is 4.52 Å². The van der Waals surface area contributed by atoms with Crippen molar-refractivity contribution >= 4 is 27.5 Å². The van der Waals surface area contributed by atoms with Crippen molar-refractivity contribution in [3.05, 3.63) is 34.5 Å². The third-order valence-electron chi connectivity index (χ3n) is 2.29. The monoisotopic (exact) mass is 308 g/mol. The molecule has 7 nitrogen and oxygen atoms in total. The van der Waals surface area contributed by atoms with Gasteiger partial charge in [-0.15, -0.1) is 5.10 Å². The van der Waals surface area contributed by atoms with Crippen molar-refractivity contribution in [2.45, 2.75) is 13.5 Å². The molecular formula is C10H9BrN6O. The molecule has 3 rings (SSSR count). The minimum absolute atomic E-state index is 0.422. The molecule has 0 saturated carbocycles. The van der Waals surface area contributed by atoms with Crippen LogP contribution < -0.4 is 5.32 Å². The number of rotatable bonds is 3. The summed E-state index contributed by atoms with van der Waals surface area (Å²) in [5.74, 6) is 1.63. The Hall–Kier alpha value is -1.96. The zero-order chi connectivity index (χ0) is 12.5. The Morgan fingerprint density at radius 1 is 1.44 bits per heavy atom. The number of fused-ring (bicyclic) bond motifs is 1. The summed E-state index contributed by atoms with van der Waals surface area (Å²) < 4.78 is 7.45. The van der Waals surface area contributed by atoms with Crippen LogP contribution in [0, 0.1) is 6.92 Å². The van der Waals surface area contributed by atoms with Crippen LogP contribution in [0.15, 0.2) is 27.3 Å². The third kappa shape index (κ3) is 2.06. The molecule has 3 heterocycles. The van der Waals surface area contributed by atoms with Gasteiger partial charge in [0.2, 0.25) is 11.8 Å². The van der Waals surface area contributed by atoms with Crippen LogP contribution in [-0.4, -0.2) is 24.7 Å². The molecule has 0 radical (unpaired) electrons. The van der Waals surface area contributed by atoms with E-state index in [0.717, 1.165) is 10.1 Å². The smallest absolute Gasteiger partial charge is 0.243 e. The van der Waals surface area contributed by atoms with E-state index in [-0.39, 0.29) is 0 Å². The number of halogens is 1. The van der Waals surface area contributed by atoms with E-state index in [1.807, 2.05) is 18.3 Å². The Kier molecular flexibility index (Phi) is 2.71. The van der Waals surface area contributed by atoms with E-state index >= 15 is 0 Å². The summed E-state index contributed by atoms with van der Waals surface area (Å²) in [5, 5.41) is 11.1. The van der Waals surface area contributed by atoms with Gasteiger partial charge in [-0.05, 0) is 28.1 Å². The number of anilines is 1. The van der Waals surface area contributed by atoms with Crippen molar-refractivity contribution in [2.24, 2.45) is 0 Å². The fraction of sp³-hybridized carbons (Fsp3) is 0.200. The number of aryl methyl sites for hydroxylation is 1. The minimum Gasteiger partial charge on any atom is -0.345 e. The van der Waals surface area contributed by atoms with Gasteiger partial charge in [-0.1, -0.05) is 5.16 Å². The number of nitrogens with zero attached hydrogens (tertiary/aromatic N) is 5. The Labute approximate surface area is 110 Å². The van der Waals surface area contributed by atoms with Gasteiger partial charge in [0.1, 0.15) is 0 Å². The molecule has 0 amide bonds. The van der Waals surface area contributed by atoms with Crippen LogP contribution >= 0.6 is 15.9 Å². The first-order chi connectivity index (χ1) is 8.72. The van der Waals surface area contributed by atoms with Crippen molar-refractivity contribution < 1.29 is 4.52 Å². The van der Waals surface area contributed by atoms with Crippen molar-refractivity contribution in [2.75, 3.05) is 5.32 Å². The van der Waals surface area contributed by atoms with Gasteiger partial charge < -0.3 is 9.84 Å². The zero-order valence-corrected chi connectivity index (χ0v) is 11.0. The quantitative estimate of drug-likeness (QED) is 0.794. The van der Waals surface area contributed by atoms with Crippen LogP contribution in [0.3, 0.4) is 0 Å². The van der Waals surface area contributed by atoms with Crippen LogP contribution in [0.2, 0.25) is 0 Å². The van der Waals surface area contributed by atoms with Crippen LogP contribution in [-0.2, 0) is 6.54 Å². The normalized spacial score (nSPS) is 11.0. The SMILES string of the molecule is Cc1nc(CNc2nc3c(Br)cccn3n2)no1. The minimum atomic E-state index is 0.422. The highest BCUT2D eigenvalue weighted by molar-refractivity contribution is 9.10. The average Bonchev–Trinajstić information content (AvgIpc) is 2.93. The van der Waals surface area contributed by atoms with Crippen LogP contribution in [0.4, 0.5) is 5.95 Å². The molecule has 0 aromatic carbocycles. The first-order valence-corrected chi connectivity index (χ1v) is 6.05. The van der Waals surface area contributed by atoms with Crippen molar-refractivity contribution in [3.63, 3.8) is 0 Å². The molecule has 0 bridgehead atoms. The maximum Gasteiger partial charge on any atom is 0.243 e. The van der Waals surface area contributed by atoms with Crippen LogP contribution in [0.25, 0.3) is 5.65 Å². The van der Waals surface area contributed by atoms with Gasteiger partial charge >= 0.3 is 0 Å². The maximum absolute atomic E-state index is 4.88. The predicted molar refractivity (Wildman–Crippen MR) is 67.0 cm³/mol. The van der Waals surface area contributed by atoms with Gasteiger partial charge in [0.05, 0.1) is 11.0 Å². The molecule has 3 aromatic rings. The summed E-state index contributed by atoms with van der Waals surface area (Å²) in [7, 11) is 0. The van der Waals surface area contributed by atoms with Gasteiger partial charge in [-0.2, -0.15) is 9.97 Å². The van der Waals surface area contributed by atoms with Crippen LogP contribution in [0.1, 0.15) is 11.7 Å². The molecule has 0 saturated heterocycles. The molecule has 0 unspecified atom stereocenters. The molecule has 1 N–H and O–H groups in total. The van der Waals surface area contributed by atoms with Crippen molar-refractivity contribution in [3.8, 4) is 0 Å². The lowest BCUT2D eigenvalue weighted by molar-refractivity contribution is 0.388. The van der Waals surface area contributed by atoms with Gasteiger partial charge in [0.15, 0.2) is 11.5 Å². The molecule has 0 fully saturated rings. The highest BCUT2D eigenvalue weighted by Gasteiger charge is 2.07. The molecule has 0 atom stereocenters. The van der Waals surface area contributed by atoms with Gasteiger partial charge in [-0.3, -0.25) is 0 Å². The summed E-state index contributed by atoms with van der Waals surface area (Å²) in [4.78, 5) is 8.43. The highest BCUT2D eigenvalue weighted by Crippen LogP contribution is 2.16. The van der Waals surface area contributed by atoms with E-state index in [9.17, 15) is 0 Å². The molecule has 0 aliphatic carbocycles. The number of pyridine rings is 1. The summed E-state index contributed by atoms with van der Waals surface area (Å²) in [6, 6.07) is 3.80.